The summed E-state index contributed by atoms with van der Waals surface area (Å²) < 4.78 is 22.6. The predicted octanol–water partition coefficient (Wildman–Crippen LogP) is 2.41. The lowest BCUT2D eigenvalue weighted by atomic mass is 10.3. The van der Waals surface area contributed by atoms with Crippen molar-refractivity contribution in [2.45, 2.75) is 6.42 Å². The molecule has 0 atom stereocenters. The van der Waals surface area contributed by atoms with Gasteiger partial charge in [-0.3, -0.25) is 0 Å². The van der Waals surface area contributed by atoms with Crippen LogP contribution in [-0.4, -0.2) is 19.2 Å². The summed E-state index contributed by atoms with van der Waals surface area (Å²) in [6.07, 6.45) is 0.380. The maximum absolute atomic E-state index is 10.8. The van der Waals surface area contributed by atoms with Crippen molar-refractivity contribution in [2.75, 3.05) is 5.75 Å². The molecule has 0 aliphatic carbocycles. The summed E-state index contributed by atoms with van der Waals surface area (Å²) in [4.78, 5) is 4.31. The Labute approximate surface area is 96.1 Å². The van der Waals surface area contributed by atoms with Crippen molar-refractivity contribution in [3.63, 3.8) is 0 Å². The number of benzene rings is 1. The zero-order valence-corrected chi connectivity index (χ0v) is 10.1. The zero-order valence-electron chi connectivity index (χ0n) is 7.68. The molecule has 0 bridgehead atoms. The van der Waals surface area contributed by atoms with Gasteiger partial charge in [0.15, 0.2) is 0 Å². The van der Waals surface area contributed by atoms with Crippen molar-refractivity contribution in [1.82, 2.24) is 4.98 Å². The van der Waals surface area contributed by atoms with Gasteiger partial charge in [0.25, 0.3) is 0 Å². The molecular formula is C9H8ClNO2S2. The second-order valence-electron chi connectivity index (χ2n) is 3.07. The second-order valence-corrected chi connectivity index (χ2v) is 7.08. The van der Waals surface area contributed by atoms with Crippen LogP contribution in [0.2, 0.25) is 0 Å². The third-order valence-electron chi connectivity index (χ3n) is 1.90. The quantitative estimate of drug-likeness (QED) is 0.797. The van der Waals surface area contributed by atoms with Gasteiger partial charge in [-0.05, 0) is 12.1 Å². The van der Waals surface area contributed by atoms with Crippen LogP contribution in [-0.2, 0) is 15.5 Å². The van der Waals surface area contributed by atoms with Gasteiger partial charge in [-0.25, -0.2) is 13.4 Å². The molecule has 0 N–H and O–H groups in total. The van der Waals surface area contributed by atoms with Gasteiger partial charge in [0.05, 0.1) is 21.0 Å². The molecule has 3 nitrogen and oxygen atoms in total. The van der Waals surface area contributed by atoms with E-state index in [1.807, 2.05) is 24.3 Å². The maximum Gasteiger partial charge on any atom is 0.233 e. The Kier molecular flexibility index (Phi) is 2.95. The predicted molar refractivity (Wildman–Crippen MR) is 63.0 cm³/mol. The van der Waals surface area contributed by atoms with Crippen molar-refractivity contribution >= 4 is 41.3 Å². The Morgan fingerprint density at radius 2 is 2.07 bits per heavy atom. The number of fused-ring (bicyclic) bond motifs is 1. The number of aromatic nitrogens is 1. The summed E-state index contributed by atoms with van der Waals surface area (Å²) in [6, 6.07) is 7.71. The van der Waals surface area contributed by atoms with Gasteiger partial charge in [0.2, 0.25) is 9.05 Å². The number of rotatable bonds is 3. The van der Waals surface area contributed by atoms with E-state index in [2.05, 4.69) is 4.98 Å². The van der Waals surface area contributed by atoms with Crippen molar-refractivity contribution in [2.24, 2.45) is 0 Å². The fourth-order valence-electron chi connectivity index (χ4n) is 1.24. The highest BCUT2D eigenvalue weighted by Crippen LogP contribution is 2.22. The third-order valence-corrected chi connectivity index (χ3v) is 4.15. The molecule has 0 amide bonds. The Bertz CT molecular complexity index is 544. The van der Waals surface area contributed by atoms with Crippen LogP contribution in [0.1, 0.15) is 5.01 Å². The first-order valence-electron chi connectivity index (χ1n) is 4.31. The molecule has 0 saturated heterocycles. The zero-order chi connectivity index (χ0) is 10.9. The van der Waals surface area contributed by atoms with E-state index in [0.29, 0.717) is 6.42 Å². The van der Waals surface area contributed by atoms with Crippen LogP contribution in [0, 0.1) is 0 Å². The molecule has 0 aliphatic rings. The Balaban J connectivity index is 2.23. The van der Waals surface area contributed by atoms with Gasteiger partial charge in [0.1, 0.15) is 0 Å². The average molecular weight is 262 g/mol. The molecule has 0 unspecified atom stereocenters. The third kappa shape index (κ3) is 2.90. The molecule has 15 heavy (non-hydrogen) atoms. The van der Waals surface area contributed by atoms with E-state index in [1.54, 1.807) is 0 Å². The largest absolute Gasteiger partial charge is 0.241 e. The van der Waals surface area contributed by atoms with Crippen LogP contribution in [0.4, 0.5) is 0 Å². The van der Waals surface area contributed by atoms with Crippen LogP contribution in [0.5, 0.6) is 0 Å². The lowest BCUT2D eigenvalue weighted by Gasteiger charge is -1.91. The number of hydrogen-bond donors (Lipinski definition) is 0. The van der Waals surface area contributed by atoms with Gasteiger partial charge in [-0.1, -0.05) is 12.1 Å². The van der Waals surface area contributed by atoms with E-state index >= 15 is 0 Å². The van der Waals surface area contributed by atoms with Crippen LogP contribution in [0.25, 0.3) is 10.2 Å². The molecular weight excluding hydrogens is 254 g/mol. The summed E-state index contributed by atoms with van der Waals surface area (Å²) >= 11 is 1.50. The van der Waals surface area contributed by atoms with E-state index in [-0.39, 0.29) is 5.75 Å². The molecule has 0 saturated carbocycles. The highest BCUT2D eigenvalue weighted by molar-refractivity contribution is 8.13. The molecule has 0 radical (unpaired) electrons. The summed E-state index contributed by atoms with van der Waals surface area (Å²) in [5.74, 6) is -0.0611. The molecule has 2 aromatic rings. The number of para-hydroxylation sites is 1. The topological polar surface area (TPSA) is 47.0 Å². The highest BCUT2D eigenvalue weighted by Gasteiger charge is 2.08. The van der Waals surface area contributed by atoms with Gasteiger partial charge >= 0.3 is 0 Å². The first kappa shape index (κ1) is 10.9. The normalized spacial score (nSPS) is 12.1. The Morgan fingerprint density at radius 1 is 1.33 bits per heavy atom. The molecule has 6 heteroatoms. The van der Waals surface area contributed by atoms with Crippen molar-refractivity contribution in [3.8, 4) is 0 Å². The molecule has 1 aromatic heterocycles. The molecule has 0 spiro atoms. The van der Waals surface area contributed by atoms with Gasteiger partial charge in [-0.15, -0.1) is 11.3 Å². The number of hydrogen-bond acceptors (Lipinski definition) is 4. The van der Waals surface area contributed by atoms with Crippen LogP contribution in [0.15, 0.2) is 24.3 Å². The minimum atomic E-state index is -3.42. The van der Waals surface area contributed by atoms with Crippen molar-refractivity contribution in [3.05, 3.63) is 29.3 Å². The van der Waals surface area contributed by atoms with Crippen LogP contribution in [0.3, 0.4) is 0 Å². The minimum absolute atomic E-state index is 0.0611. The molecule has 80 valence electrons. The summed E-state index contributed by atoms with van der Waals surface area (Å²) in [6.45, 7) is 0. The smallest absolute Gasteiger partial charge is 0.233 e. The van der Waals surface area contributed by atoms with Gasteiger partial charge < -0.3 is 0 Å². The van der Waals surface area contributed by atoms with Crippen LogP contribution >= 0.6 is 22.0 Å². The standard InChI is InChI=1S/C9H8ClNO2S2/c10-15(12,13)6-5-9-11-7-3-1-2-4-8(7)14-9/h1-4H,5-6H2. The molecule has 0 aliphatic heterocycles. The fraction of sp³-hybridized carbons (Fsp3) is 0.222. The summed E-state index contributed by atoms with van der Waals surface area (Å²) in [5, 5.41) is 0.806. The average Bonchev–Trinajstić information content (AvgIpc) is 2.56. The van der Waals surface area contributed by atoms with Crippen LogP contribution < -0.4 is 0 Å². The fourth-order valence-corrected chi connectivity index (χ4v) is 3.00. The Morgan fingerprint density at radius 3 is 2.73 bits per heavy atom. The van der Waals surface area contributed by atoms with Gasteiger partial charge in [0, 0.05) is 17.1 Å². The van der Waals surface area contributed by atoms with E-state index in [1.165, 1.54) is 11.3 Å². The number of thiazole rings is 1. The summed E-state index contributed by atoms with van der Waals surface area (Å²) in [5.41, 5.74) is 0.907. The maximum atomic E-state index is 10.8. The first-order valence-corrected chi connectivity index (χ1v) is 7.61. The molecule has 0 fully saturated rings. The SMILES string of the molecule is O=S(=O)(Cl)CCc1nc2ccccc2s1. The number of aryl methyl sites for hydroxylation is 1. The highest BCUT2D eigenvalue weighted by atomic mass is 35.7. The van der Waals surface area contributed by atoms with E-state index in [9.17, 15) is 8.42 Å². The minimum Gasteiger partial charge on any atom is -0.241 e. The van der Waals surface area contributed by atoms with E-state index < -0.39 is 9.05 Å². The second kappa shape index (κ2) is 4.08. The number of halogens is 1. The Hall–Kier alpha value is -0.650. The van der Waals surface area contributed by atoms with E-state index in [4.69, 9.17) is 10.7 Å². The molecule has 1 heterocycles. The lowest BCUT2D eigenvalue weighted by molar-refractivity contribution is 0.609. The molecule has 1 aromatic carbocycles. The van der Waals surface area contributed by atoms with Gasteiger partial charge in [-0.2, -0.15) is 0 Å². The number of nitrogens with zero attached hydrogens (tertiary/aromatic N) is 1. The van der Waals surface area contributed by atoms with Crippen molar-refractivity contribution < 1.29 is 8.42 Å². The molecule has 2 rings (SSSR count). The van der Waals surface area contributed by atoms with Crippen molar-refractivity contribution in [1.29, 1.82) is 0 Å². The first-order chi connectivity index (χ1) is 7.04. The summed E-state index contributed by atoms with van der Waals surface area (Å²) in [7, 11) is 1.71. The lowest BCUT2D eigenvalue weighted by Crippen LogP contribution is -2.00. The monoisotopic (exact) mass is 261 g/mol. The van der Waals surface area contributed by atoms with E-state index in [0.717, 1.165) is 15.2 Å².